The predicted octanol–water partition coefficient (Wildman–Crippen LogP) is 2.53. The van der Waals surface area contributed by atoms with E-state index in [0.29, 0.717) is 19.5 Å². The van der Waals surface area contributed by atoms with Gasteiger partial charge in [-0.05, 0) is 49.6 Å². The van der Waals surface area contributed by atoms with Gasteiger partial charge in [0.2, 0.25) is 15.9 Å². The van der Waals surface area contributed by atoms with Gasteiger partial charge in [-0.3, -0.25) is 20.4 Å². The zero-order chi connectivity index (χ0) is 23.7. The molecule has 9 heteroatoms. The molecule has 2 aromatic rings. The number of hydrazine groups is 1. The molecule has 0 saturated heterocycles. The minimum Gasteiger partial charge on any atom is -0.376 e. The summed E-state index contributed by atoms with van der Waals surface area (Å²) in [5.74, 6) is -0.686. The number of sulfonamides is 1. The maximum Gasteiger partial charge on any atom is 0.257 e. The summed E-state index contributed by atoms with van der Waals surface area (Å²) in [4.78, 5) is 24.2. The van der Waals surface area contributed by atoms with E-state index in [0.717, 1.165) is 22.4 Å². The topological polar surface area (TPSA) is 108 Å². The molecule has 0 aliphatic rings. The van der Waals surface area contributed by atoms with Crippen molar-refractivity contribution in [2.45, 2.75) is 45.4 Å². The number of hydrogen-bond donors (Lipinski definition) is 3. The van der Waals surface area contributed by atoms with E-state index in [-0.39, 0.29) is 29.7 Å². The molecule has 0 spiro atoms. The Bertz CT molecular complexity index is 1030. The van der Waals surface area contributed by atoms with Gasteiger partial charge in [0.1, 0.15) is 0 Å². The van der Waals surface area contributed by atoms with Crippen LogP contribution in [0.5, 0.6) is 0 Å². The van der Waals surface area contributed by atoms with E-state index >= 15 is 0 Å². The number of carbonyl (C=O) groups excluding carboxylic acids is 2. The highest BCUT2D eigenvalue weighted by Crippen LogP contribution is 2.17. The number of carbonyl (C=O) groups is 2. The Balaban J connectivity index is 1.77. The first-order valence-corrected chi connectivity index (χ1v) is 12.1. The van der Waals surface area contributed by atoms with E-state index in [1.807, 2.05) is 32.0 Å². The van der Waals surface area contributed by atoms with Gasteiger partial charge in [0, 0.05) is 25.2 Å². The molecule has 0 radical (unpaired) electrons. The van der Waals surface area contributed by atoms with Crippen LogP contribution >= 0.6 is 0 Å². The van der Waals surface area contributed by atoms with Crippen LogP contribution in [0.4, 0.5) is 5.69 Å². The summed E-state index contributed by atoms with van der Waals surface area (Å²) in [5.41, 5.74) is 8.67. The Morgan fingerprint density at radius 3 is 2.12 bits per heavy atom. The van der Waals surface area contributed by atoms with Gasteiger partial charge >= 0.3 is 0 Å². The number of amides is 2. The Morgan fingerprint density at radius 1 is 0.906 bits per heavy atom. The zero-order valence-corrected chi connectivity index (χ0v) is 19.9. The maximum atomic E-state index is 12.5. The fourth-order valence-corrected chi connectivity index (χ4v) is 4.69. The van der Waals surface area contributed by atoms with Crippen molar-refractivity contribution in [1.29, 1.82) is 0 Å². The van der Waals surface area contributed by atoms with Crippen molar-refractivity contribution in [1.82, 2.24) is 15.2 Å². The smallest absolute Gasteiger partial charge is 0.257 e. The lowest BCUT2D eigenvalue weighted by atomic mass is 10.1. The van der Waals surface area contributed by atoms with E-state index in [2.05, 4.69) is 16.2 Å². The van der Waals surface area contributed by atoms with Crippen LogP contribution in [0, 0.1) is 13.8 Å². The SMILES string of the molecule is CCN(CC)S(=O)(=O)c1ccc(CCC(=O)NNC(=O)CNc2ccc(C)cc2C)cc1. The molecule has 174 valence electrons. The molecule has 0 saturated carbocycles. The Morgan fingerprint density at radius 2 is 1.53 bits per heavy atom. The molecule has 0 atom stereocenters. The molecule has 2 aromatic carbocycles. The summed E-state index contributed by atoms with van der Waals surface area (Å²) in [7, 11) is -3.50. The van der Waals surface area contributed by atoms with Crippen molar-refractivity contribution < 1.29 is 18.0 Å². The van der Waals surface area contributed by atoms with Gasteiger partial charge in [-0.1, -0.05) is 43.7 Å². The third kappa shape index (κ3) is 7.06. The summed E-state index contributed by atoms with van der Waals surface area (Å²) in [6.45, 7) is 8.41. The van der Waals surface area contributed by atoms with Gasteiger partial charge in [-0.25, -0.2) is 8.42 Å². The van der Waals surface area contributed by atoms with Crippen LogP contribution in [0.3, 0.4) is 0 Å². The van der Waals surface area contributed by atoms with Crippen molar-refractivity contribution in [3.63, 3.8) is 0 Å². The van der Waals surface area contributed by atoms with Crippen LogP contribution in [-0.4, -0.2) is 44.2 Å². The Hall–Kier alpha value is -2.91. The molecule has 0 bridgehead atoms. The fourth-order valence-electron chi connectivity index (χ4n) is 3.23. The first-order valence-electron chi connectivity index (χ1n) is 10.6. The van der Waals surface area contributed by atoms with Gasteiger partial charge in [0.15, 0.2) is 0 Å². The van der Waals surface area contributed by atoms with Gasteiger partial charge in [0.05, 0.1) is 11.4 Å². The average Bonchev–Trinajstić information content (AvgIpc) is 2.76. The molecule has 0 aromatic heterocycles. The molecule has 0 aliphatic carbocycles. The quantitative estimate of drug-likeness (QED) is 0.472. The highest BCUT2D eigenvalue weighted by molar-refractivity contribution is 7.89. The second-order valence-corrected chi connectivity index (χ2v) is 9.44. The van der Waals surface area contributed by atoms with Crippen LogP contribution in [0.25, 0.3) is 0 Å². The molecule has 32 heavy (non-hydrogen) atoms. The maximum absolute atomic E-state index is 12.5. The number of aryl methyl sites for hydroxylation is 3. The second kappa shape index (κ2) is 11.6. The Labute approximate surface area is 190 Å². The van der Waals surface area contributed by atoms with Gasteiger partial charge in [-0.2, -0.15) is 4.31 Å². The molecule has 0 heterocycles. The summed E-state index contributed by atoms with van der Waals surface area (Å²) in [5, 5.41) is 3.04. The van der Waals surface area contributed by atoms with Crippen molar-refractivity contribution in [3.05, 3.63) is 59.2 Å². The van der Waals surface area contributed by atoms with Crippen molar-refractivity contribution in [2.24, 2.45) is 0 Å². The molecular weight excluding hydrogens is 428 g/mol. The molecule has 2 amide bonds. The van der Waals surface area contributed by atoms with Gasteiger partial charge < -0.3 is 5.32 Å². The normalized spacial score (nSPS) is 11.3. The summed E-state index contributed by atoms with van der Waals surface area (Å²) >= 11 is 0. The third-order valence-corrected chi connectivity index (χ3v) is 7.13. The first-order chi connectivity index (χ1) is 15.2. The number of benzene rings is 2. The number of nitrogens with zero attached hydrogens (tertiary/aromatic N) is 1. The molecule has 0 fully saturated rings. The lowest BCUT2D eigenvalue weighted by Crippen LogP contribution is -2.44. The van der Waals surface area contributed by atoms with Crippen molar-refractivity contribution >= 4 is 27.5 Å². The largest absolute Gasteiger partial charge is 0.376 e. The minimum absolute atomic E-state index is 0.0344. The molecule has 8 nitrogen and oxygen atoms in total. The van der Waals surface area contributed by atoms with Crippen LogP contribution < -0.4 is 16.2 Å². The number of anilines is 1. The third-order valence-electron chi connectivity index (χ3n) is 5.07. The van der Waals surface area contributed by atoms with E-state index in [1.54, 1.807) is 38.1 Å². The molecule has 0 unspecified atom stereocenters. The predicted molar refractivity (Wildman–Crippen MR) is 126 cm³/mol. The standard InChI is InChI=1S/C23H32N4O4S/c1-5-27(6-2)32(30,31)20-11-8-19(9-12-20)10-14-22(28)25-26-23(29)16-24-21-13-7-17(3)15-18(21)4/h7-9,11-13,15,24H,5-6,10,14,16H2,1-4H3,(H,25,28)(H,26,29). The number of nitrogens with one attached hydrogen (secondary N) is 3. The van der Waals surface area contributed by atoms with Crippen LogP contribution in [0.1, 0.15) is 37.0 Å². The van der Waals surface area contributed by atoms with E-state index in [4.69, 9.17) is 0 Å². The Kier molecular flexibility index (Phi) is 9.22. The van der Waals surface area contributed by atoms with E-state index in [1.165, 1.54) is 4.31 Å². The zero-order valence-electron chi connectivity index (χ0n) is 19.1. The summed E-state index contributed by atoms with van der Waals surface area (Å²) < 4.78 is 26.4. The van der Waals surface area contributed by atoms with Gasteiger partial charge in [-0.15, -0.1) is 0 Å². The minimum atomic E-state index is -3.50. The first kappa shape index (κ1) is 25.4. The van der Waals surface area contributed by atoms with Crippen molar-refractivity contribution in [3.8, 4) is 0 Å². The number of hydrogen-bond acceptors (Lipinski definition) is 5. The van der Waals surface area contributed by atoms with Gasteiger partial charge in [0.25, 0.3) is 5.91 Å². The summed E-state index contributed by atoms with van der Waals surface area (Å²) in [6.07, 6.45) is 0.584. The van der Waals surface area contributed by atoms with Crippen LogP contribution in [-0.2, 0) is 26.0 Å². The molecule has 0 aliphatic heterocycles. The monoisotopic (exact) mass is 460 g/mol. The number of rotatable bonds is 10. The second-order valence-electron chi connectivity index (χ2n) is 7.50. The molecule has 3 N–H and O–H groups in total. The van der Waals surface area contributed by atoms with Crippen molar-refractivity contribution in [2.75, 3.05) is 25.0 Å². The highest BCUT2D eigenvalue weighted by Gasteiger charge is 2.21. The van der Waals surface area contributed by atoms with Crippen LogP contribution in [0.2, 0.25) is 0 Å². The highest BCUT2D eigenvalue weighted by atomic mass is 32.2. The summed E-state index contributed by atoms with van der Waals surface area (Å²) in [6, 6.07) is 12.4. The lowest BCUT2D eigenvalue weighted by molar-refractivity contribution is -0.128. The average molecular weight is 461 g/mol. The molecular formula is C23H32N4O4S. The van der Waals surface area contributed by atoms with E-state index in [9.17, 15) is 18.0 Å². The fraction of sp³-hybridized carbons (Fsp3) is 0.391. The van der Waals surface area contributed by atoms with Crippen LogP contribution in [0.15, 0.2) is 47.4 Å². The van der Waals surface area contributed by atoms with E-state index < -0.39 is 10.0 Å². The lowest BCUT2D eigenvalue weighted by Gasteiger charge is -2.18. The molecule has 2 rings (SSSR count).